The molecule has 0 spiro atoms. The van der Waals surface area contributed by atoms with Gasteiger partial charge in [0.1, 0.15) is 0 Å². The third-order valence-corrected chi connectivity index (χ3v) is 7.38. The van der Waals surface area contributed by atoms with Crippen molar-refractivity contribution in [3.63, 3.8) is 0 Å². The Bertz CT molecular complexity index is 843. The molecule has 0 aromatic heterocycles. The predicted octanol–water partition coefficient (Wildman–Crippen LogP) is 3.76. The number of fused-ring (bicyclic) bond motifs is 2. The minimum absolute atomic E-state index is 0. The van der Waals surface area contributed by atoms with E-state index in [9.17, 15) is 0 Å². The Morgan fingerprint density at radius 2 is 0.905 bits per heavy atom. The van der Waals surface area contributed by atoms with Gasteiger partial charge in [0.25, 0.3) is 0 Å². The molecule has 0 aliphatic rings. The number of hydrogen-bond acceptors (Lipinski definition) is 0. The van der Waals surface area contributed by atoms with E-state index in [-0.39, 0.29) is 1.43 Å². The van der Waals surface area contributed by atoms with Crippen molar-refractivity contribution >= 4 is 47.2 Å². The molecule has 0 saturated carbocycles. The van der Waals surface area contributed by atoms with Gasteiger partial charge < -0.3 is 1.43 Å². The first kappa shape index (κ1) is 12.8. The molecular weight excluding hydrogens is 310 g/mol. The summed E-state index contributed by atoms with van der Waals surface area (Å²) < 4.78 is 3.10. The molecule has 0 aliphatic carbocycles. The summed E-state index contributed by atoms with van der Waals surface area (Å²) in [6.45, 7) is 0. The Morgan fingerprint density at radius 3 is 1.43 bits per heavy atom. The molecule has 4 aromatic rings. The summed E-state index contributed by atoms with van der Waals surface area (Å²) in [5.41, 5.74) is 0. The molecule has 4 aromatic carbocycles. The van der Waals surface area contributed by atoms with Gasteiger partial charge in [0.15, 0.2) is 0 Å². The first-order valence-electron chi connectivity index (χ1n) is 7.22. The molecule has 0 atom stereocenters. The SMILES string of the molecule is [H-].c1ccc2[c]([Ga+][c]3cccc4ccccc34)cccc2c1. The van der Waals surface area contributed by atoms with Gasteiger partial charge >= 0.3 is 132 Å². The van der Waals surface area contributed by atoms with Crippen LogP contribution in [0.2, 0.25) is 0 Å². The van der Waals surface area contributed by atoms with E-state index in [1.165, 1.54) is 21.5 Å². The maximum absolute atomic E-state index is 2.31. The molecule has 0 bridgehead atoms. The molecule has 0 amide bonds. The Balaban J connectivity index is 0.00000144. The van der Waals surface area contributed by atoms with Crippen LogP contribution in [-0.2, 0) is 0 Å². The van der Waals surface area contributed by atoms with Crippen LogP contribution in [0.25, 0.3) is 21.5 Å². The van der Waals surface area contributed by atoms with E-state index in [0.29, 0.717) is 0 Å². The minimum atomic E-state index is -0.659. The Labute approximate surface area is 133 Å². The van der Waals surface area contributed by atoms with Gasteiger partial charge in [0.2, 0.25) is 0 Å². The van der Waals surface area contributed by atoms with E-state index in [1.807, 2.05) is 0 Å². The zero-order valence-corrected chi connectivity index (χ0v) is 14.1. The second kappa shape index (κ2) is 5.43. The van der Waals surface area contributed by atoms with Gasteiger partial charge in [-0.05, 0) is 0 Å². The fraction of sp³-hybridized carbons (Fsp3) is 0. The summed E-state index contributed by atoms with van der Waals surface area (Å²) in [4.78, 5) is 0. The van der Waals surface area contributed by atoms with Crippen LogP contribution in [0.1, 0.15) is 1.43 Å². The van der Waals surface area contributed by atoms with Crippen molar-refractivity contribution in [1.29, 1.82) is 0 Å². The summed E-state index contributed by atoms with van der Waals surface area (Å²) in [5.74, 6) is 0. The van der Waals surface area contributed by atoms with Gasteiger partial charge in [-0.15, -0.1) is 0 Å². The van der Waals surface area contributed by atoms with Crippen LogP contribution in [0.15, 0.2) is 84.9 Å². The fourth-order valence-corrected chi connectivity index (χ4v) is 6.25. The molecule has 0 saturated heterocycles. The second-order valence-electron chi connectivity index (χ2n) is 5.28. The van der Waals surface area contributed by atoms with E-state index in [4.69, 9.17) is 0 Å². The van der Waals surface area contributed by atoms with Gasteiger partial charge in [0, 0.05) is 0 Å². The van der Waals surface area contributed by atoms with E-state index >= 15 is 0 Å². The Morgan fingerprint density at radius 1 is 0.476 bits per heavy atom. The average Bonchev–Trinajstić information content (AvgIpc) is 2.56. The van der Waals surface area contributed by atoms with Crippen LogP contribution in [0.5, 0.6) is 0 Å². The summed E-state index contributed by atoms with van der Waals surface area (Å²) in [6, 6.07) is 30.9. The van der Waals surface area contributed by atoms with Gasteiger partial charge in [-0.2, -0.15) is 0 Å². The quantitative estimate of drug-likeness (QED) is 0.492. The number of benzene rings is 4. The van der Waals surface area contributed by atoms with Crippen LogP contribution in [0.4, 0.5) is 0 Å². The Hall–Kier alpha value is -1.96. The van der Waals surface area contributed by atoms with Crippen molar-refractivity contribution in [3.8, 4) is 0 Å². The van der Waals surface area contributed by atoms with Crippen molar-refractivity contribution < 1.29 is 1.43 Å². The summed E-state index contributed by atoms with van der Waals surface area (Å²) in [6.07, 6.45) is 0. The molecule has 4 rings (SSSR count). The van der Waals surface area contributed by atoms with Crippen LogP contribution in [-0.4, -0.2) is 17.4 Å². The van der Waals surface area contributed by atoms with E-state index in [0.717, 1.165) is 0 Å². The summed E-state index contributed by atoms with van der Waals surface area (Å²) in [7, 11) is 0. The molecule has 0 fully saturated rings. The summed E-state index contributed by atoms with van der Waals surface area (Å²) in [5, 5.41) is 5.56. The van der Waals surface area contributed by atoms with Gasteiger partial charge in [-0.25, -0.2) is 0 Å². The Kier molecular flexibility index (Phi) is 3.30. The topological polar surface area (TPSA) is 0 Å². The standard InChI is InChI=1S/2C10H7.Ga.H/c2*1-2-6-10-8-4-3-7-9(10)5-1;;/h2*1-7H;;/q;;+1;-1. The average molecular weight is 325 g/mol. The molecule has 0 radical (unpaired) electrons. The van der Waals surface area contributed by atoms with Crippen LogP contribution < -0.4 is 8.24 Å². The van der Waals surface area contributed by atoms with Crippen molar-refractivity contribution in [3.05, 3.63) is 84.9 Å². The fourth-order valence-electron chi connectivity index (χ4n) is 2.92. The van der Waals surface area contributed by atoms with Crippen molar-refractivity contribution in [2.45, 2.75) is 0 Å². The zero-order chi connectivity index (χ0) is 14.1. The van der Waals surface area contributed by atoms with Crippen LogP contribution in [0.3, 0.4) is 0 Å². The monoisotopic (exact) mass is 324 g/mol. The van der Waals surface area contributed by atoms with Crippen molar-refractivity contribution in [2.24, 2.45) is 0 Å². The molecule has 0 heterocycles. The molecule has 0 nitrogen and oxygen atoms in total. The zero-order valence-electron chi connectivity index (χ0n) is 12.7. The third kappa shape index (κ3) is 2.39. The van der Waals surface area contributed by atoms with Gasteiger partial charge in [0.05, 0.1) is 0 Å². The number of hydrogen-bond donors (Lipinski definition) is 0. The van der Waals surface area contributed by atoms with Crippen LogP contribution in [0, 0.1) is 0 Å². The molecule has 21 heavy (non-hydrogen) atoms. The molecule has 0 unspecified atom stereocenters. The summed E-state index contributed by atoms with van der Waals surface area (Å²) >= 11 is -0.659. The van der Waals surface area contributed by atoms with Crippen LogP contribution >= 0.6 is 0 Å². The molecule has 1 heteroatoms. The normalized spacial score (nSPS) is 10.7. The van der Waals surface area contributed by atoms with Crippen molar-refractivity contribution in [2.75, 3.05) is 0 Å². The third-order valence-electron chi connectivity index (χ3n) is 3.96. The molecule has 98 valence electrons. The first-order valence-corrected chi connectivity index (χ1v) is 9.64. The molecule has 0 N–H and O–H groups in total. The van der Waals surface area contributed by atoms with E-state index in [2.05, 4.69) is 84.9 Å². The molecular formula is C20H15Ga. The van der Waals surface area contributed by atoms with Gasteiger partial charge in [-0.3, -0.25) is 0 Å². The van der Waals surface area contributed by atoms with E-state index in [1.54, 1.807) is 8.24 Å². The van der Waals surface area contributed by atoms with Crippen molar-refractivity contribution in [1.82, 2.24) is 0 Å². The molecule has 0 aliphatic heterocycles. The first-order chi connectivity index (χ1) is 10.4. The maximum atomic E-state index is 2.31. The number of rotatable bonds is 2. The second-order valence-corrected chi connectivity index (χ2v) is 8.50. The van der Waals surface area contributed by atoms with Gasteiger partial charge in [-0.1, -0.05) is 0 Å². The predicted molar refractivity (Wildman–Crippen MR) is 94.0 cm³/mol. The van der Waals surface area contributed by atoms with E-state index < -0.39 is 17.4 Å².